The molecule has 0 saturated heterocycles. The fourth-order valence-corrected chi connectivity index (χ4v) is 7.01. The maximum Gasteiger partial charge on any atom is 0.332 e. The average molecular weight is 436 g/mol. The van der Waals surface area contributed by atoms with E-state index in [4.69, 9.17) is 14.6 Å². The molecule has 1 aromatic carbocycles. The van der Waals surface area contributed by atoms with Gasteiger partial charge in [0.25, 0.3) is 0 Å². The summed E-state index contributed by atoms with van der Waals surface area (Å²) in [5.74, 6) is 0.749. The van der Waals surface area contributed by atoms with Crippen molar-refractivity contribution in [3.63, 3.8) is 0 Å². The molecule has 172 valence electrons. The number of nitrogens with two attached hydrogens (primary N) is 1. The highest BCUT2D eigenvalue weighted by Gasteiger charge is 2.35. The lowest BCUT2D eigenvalue weighted by Crippen LogP contribution is -2.55. The SMILES string of the molecule is CC(NNC[C@H](O[Si](C)(C)OC(C)(C)C)[C@@H](N)Cc1ccccc1)C1CCCCC1. The van der Waals surface area contributed by atoms with Gasteiger partial charge >= 0.3 is 8.56 Å². The Hall–Kier alpha value is -0.763. The lowest BCUT2D eigenvalue weighted by atomic mass is 9.85. The molecule has 0 radical (unpaired) electrons. The molecule has 0 aromatic heterocycles. The predicted molar refractivity (Wildman–Crippen MR) is 128 cm³/mol. The lowest BCUT2D eigenvalue weighted by molar-refractivity contribution is 0.0380. The van der Waals surface area contributed by atoms with Gasteiger partial charge < -0.3 is 14.6 Å². The van der Waals surface area contributed by atoms with E-state index in [0.29, 0.717) is 12.6 Å². The van der Waals surface area contributed by atoms with Crippen molar-refractivity contribution < 1.29 is 8.85 Å². The van der Waals surface area contributed by atoms with Crippen LogP contribution >= 0.6 is 0 Å². The molecule has 0 aliphatic heterocycles. The van der Waals surface area contributed by atoms with E-state index in [0.717, 1.165) is 12.3 Å². The van der Waals surface area contributed by atoms with Crippen molar-refractivity contribution in [2.45, 2.75) is 103 Å². The van der Waals surface area contributed by atoms with E-state index >= 15 is 0 Å². The molecule has 5 nitrogen and oxygen atoms in total. The van der Waals surface area contributed by atoms with Crippen molar-refractivity contribution in [2.24, 2.45) is 11.7 Å². The van der Waals surface area contributed by atoms with E-state index in [1.165, 1.54) is 37.7 Å². The van der Waals surface area contributed by atoms with Crippen LogP contribution in [0.3, 0.4) is 0 Å². The van der Waals surface area contributed by atoms with Crippen LogP contribution in [0.25, 0.3) is 0 Å². The molecule has 1 aliphatic carbocycles. The Kier molecular flexibility index (Phi) is 9.98. The molecule has 4 N–H and O–H groups in total. The van der Waals surface area contributed by atoms with Crippen LogP contribution in [0.1, 0.15) is 65.4 Å². The summed E-state index contributed by atoms with van der Waals surface area (Å²) in [6, 6.07) is 10.8. The minimum Gasteiger partial charge on any atom is -0.390 e. The van der Waals surface area contributed by atoms with Crippen LogP contribution in [0, 0.1) is 5.92 Å². The fourth-order valence-electron chi connectivity index (χ4n) is 4.50. The highest BCUT2D eigenvalue weighted by Crippen LogP contribution is 2.26. The van der Waals surface area contributed by atoms with Gasteiger partial charge in [0, 0.05) is 18.6 Å². The van der Waals surface area contributed by atoms with E-state index in [1.54, 1.807) is 0 Å². The van der Waals surface area contributed by atoms with Crippen LogP contribution < -0.4 is 16.6 Å². The Labute approximate surface area is 185 Å². The first-order valence-corrected chi connectivity index (χ1v) is 14.5. The van der Waals surface area contributed by atoms with E-state index < -0.39 is 8.56 Å². The number of benzene rings is 1. The topological polar surface area (TPSA) is 68.5 Å². The van der Waals surface area contributed by atoms with Gasteiger partial charge in [-0.05, 0) is 71.5 Å². The molecule has 0 spiro atoms. The quantitative estimate of drug-likeness (QED) is 0.352. The number of hydrogen-bond donors (Lipinski definition) is 3. The van der Waals surface area contributed by atoms with Crippen LogP contribution in [0.5, 0.6) is 0 Å². The monoisotopic (exact) mass is 435 g/mol. The third kappa shape index (κ3) is 9.58. The van der Waals surface area contributed by atoms with E-state index in [2.05, 4.69) is 75.9 Å². The molecule has 2 rings (SSSR count). The zero-order valence-corrected chi connectivity index (χ0v) is 21.0. The minimum atomic E-state index is -2.34. The first-order chi connectivity index (χ1) is 14.1. The van der Waals surface area contributed by atoms with Crippen molar-refractivity contribution in [1.82, 2.24) is 10.9 Å². The molecule has 0 bridgehead atoms. The summed E-state index contributed by atoms with van der Waals surface area (Å²) in [4.78, 5) is 0. The minimum absolute atomic E-state index is 0.109. The summed E-state index contributed by atoms with van der Waals surface area (Å²) >= 11 is 0. The van der Waals surface area contributed by atoms with Crippen molar-refractivity contribution in [3.05, 3.63) is 35.9 Å². The van der Waals surface area contributed by atoms with Crippen molar-refractivity contribution in [3.8, 4) is 0 Å². The molecular weight excluding hydrogens is 390 g/mol. The lowest BCUT2D eigenvalue weighted by Gasteiger charge is -2.37. The second-order valence-electron chi connectivity index (χ2n) is 10.3. The van der Waals surface area contributed by atoms with E-state index in [-0.39, 0.29) is 17.7 Å². The van der Waals surface area contributed by atoms with Crippen molar-refractivity contribution in [2.75, 3.05) is 6.54 Å². The summed E-state index contributed by atoms with van der Waals surface area (Å²) in [6.07, 6.45) is 7.40. The summed E-state index contributed by atoms with van der Waals surface area (Å²) in [5, 5.41) is 0. The molecule has 6 heteroatoms. The van der Waals surface area contributed by atoms with Gasteiger partial charge in [-0.3, -0.25) is 10.9 Å². The molecule has 3 atom stereocenters. The van der Waals surface area contributed by atoms with Crippen LogP contribution in [0.15, 0.2) is 30.3 Å². The van der Waals surface area contributed by atoms with Gasteiger partial charge in [0.05, 0.1) is 11.7 Å². The molecule has 30 heavy (non-hydrogen) atoms. The van der Waals surface area contributed by atoms with Crippen LogP contribution in [0.4, 0.5) is 0 Å². The number of hydrogen-bond acceptors (Lipinski definition) is 5. The zero-order valence-electron chi connectivity index (χ0n) is 20.0. The van der Waals surface area contributed by atoms with Crippen LogP contribution in [0.2, 0.25) is 13.1 Å². The Bertz CT molecular complexity index is 600. The third-order valence-electron chi connectivity index (χ3n) is 5.77. The maximum absolute atomic E-state index is 6.65. The Morgan fingerprint density at radius 2 is 1.73 bits per heavy atom. The number of rotatable bonds is 11. The van der Waals surface area contributed by atoms with Gasteiger partial charge in [0.2, 0.25) is 0 Å². The highest BCUT2D eigenvalue weighted by molar-refractivity contribution is 6.64. The van der Waals surface area contributed by atoms with E-state index in [1.807, 2.05) is 6.07 Å². The number of nitrogens with one attached hydrogen (secondary N) is 2. The summed E-state index contributed by atoms with van der Waals surface area (Å²) in [5.41, 5.74) is 14.6. The van der Waals surface area contributed by atoms with Gasteiger partial charge in [-0.1, -0.05) is 49.6 Å². The van der Waals surface area contributed by atoms with Gasteiger partial charge in [-0.25, -0.2) is 0 Å². The van der Waals surface area contributed by atoms with Crippen LogP contribution in [-0.4, -0.2) is 38.9 Å². The maximum atomic E-state index is 6.65. The van der Waals surface area contributed by atoms with Gasteiger partial charge in [-0.2, -0.15) is 0 Å². The Morgan fingerprint density at radius 3 is 2.33 bits per heavy atom. The molecule has 0 amide bonds. The van der Waals surface area contributed by atoms with Gasteiger partial charge in [0.1, 0.15) is 0 Å². The molecule has 1 unspecified atom stereocenters. The van der Waals surface area contributed by atoms with Gasteiger partial charge in [-0.15, -0.1) is 0 Å². The van der Waals surface area contributed by atoms with Crippen molar-refractivity contribution in [1.29, 1.82) is 0 Å². The molecule has 0 heterocycles. The first kappa shape index (κ1) is 25.5. The zero-order chi connectivity index (χ0) is 22.2. The Balaban J connectivity index is 1.96. The molecule has 1 aromatic rings. The van der Waals surface area contributed by atoms with Crippen LogP contribution in [-0.2, 0) is 15.3 Å². The largest absolute Gasteiger partial charge is 0.390 e. The summed E-state index contributed by atoms with van der Waals surface area (Å²) < 4.78 is 12.9. The smallest absolute Gasteiger partial charge is 0.332 e. The highest BCUT2D eigenvalue weighted by atomic mass is 28.4. The normalized spacial score (nSPS) is 19.4. The second-order valence-corrected chi connectivity index (χ2v) is 13.6. The van der Waals surface area contributed by atoms with Crippen molar-refractivity contribution >= 4 is 8.56 Å². The summed E-state index contributed by atoms with van der Waals surface area (Å²) in [7, 11) is -2.34. The fraction of sp³-hybridized carbons (Fsp3) is 0.750. The third-order valence-corrected chi connectivity index (χ3v) is 7.74. The van der Waals surface area contributed by atoms with Gasteiger partial charge in [0.15, 0.2) is 0 Å². The molecule has 1 fully saturated rings. The average Bonchev–Trinajstić information content (AvgIpc) is 2.66. The standard InChI is InChI=1S/C24H45N3O2Si/c1-19(21-15-11-8-12-16-21)27-26-18-23(28-30(5,6)29-24(2,3)4)22(25)17-20-13-9-7-10-14-20/h7,9-10,13-14,19,21-23,26-27H,8,11-12,15-18,25H2,1-6H3/t19?,22-,23-/m0/s1. The molecule has 1 aliphatic rings. The second kappa shape index (κ2) is 11.7. The molecular formula is C24H45N3O2Si. The Morgan fingerprint density at radius 1 is 1.10 bits per heavy atom. The van der Waals surface area contributed by atoms with E-state index in [9.17, 15) is 0 Å². The molecule has 1 saturated carbocycles. The predicted octanol–water partition coefficient (Wildman–Crippen LogP) is 4.52. The number of hydrazine groups is 1. The first-order valence-electron chi connectivity index (χ1n) is 11.7. The summed E-state index contributed by atoms with van der Waals surface area (Å²) in [6.45, 7) is 13.4.